The Morgan fingerprint density at radius 3 is 2.23 bits per heavy atom. The Morgan fingerprint density at radius 1 is 1.00 bits per heavy atom. The van der Waals surface area contributed by atoms with E-state index in [9.17, 15) is 4.79 Å². The number of esters is 1. The van der Waals surface area contributed by atoms with Gasteiger partial charge in [-0.2, -0.15) is 0 Å². The first-order valence-electron chi connectivity index (χ1n) is 8.83. The van der Waals surface area contributed by atoms with Crippen LogP contribution >= 0.6 is 0 Å². The molecule has 122 valence electrons. The third-order valence-corrected chi connectivity index (χ3v) is 5.61. The molecule has 2 atom stereocenters. The van der Waals surface area contributed by atoms with Gasteiger partial charge in [0.2, 0.25) is 5.60 Å². The van der Waals surface area contributed by atoms with Crippen molar-refractivity contribution in [3.05, 3.63) is 23.3 Å². The number of ether oxygens (including phenoxy) is 2. The molecule has 1 fully saturated rings. The van der Waals surface area contributed by atoms with Gasteiger partial charge in [0.15, 0.2) is 0 Å². The van der Waals surface area contributed by atoms with Crippen LogP contribution in [0.5, 0.6) is 0 Å². The standard InChI is InChI=1S/C19H28O3/c1-18(15-11-7-3-4-8-12-15)19(22-18,17(20)21-2)16-13-9-5-6-10-14-16/h11,13H,3-10,12,14H2,1-2H3. The first-order chi connectivity index (χ1) is 10.6. The van der Waals surface area contributed by atoms with Crippen LogP contribution in [0.25, 0.3) is 0 Å². The number of methoxy groups -OCH3 is 1. The van der Waals surface area contributed by atoms with Crippen molar-refractivity contribution in [3.63, 3.8) is 0 Å². The van der Waals surface area contributed by atoms with Gasteiger partial charge in [0.1, 0.15) is 5.60 Å². The van der Waals surface area contributed by atoms with Crippen molar-refractivity contribution in [2.45, 2.75) is 82.3 Å². The van der Waals surface area contributed by atoms with Crippen LogP contribution in [0.2, 0.25) is 0 Å². The van der Waals surface area contributed by atoms with Crippen LogP contribution in [0.15, 0.2) is 23.3 Å². The van der Waals surface area contributed by atoms with Gasteiger partial charge in [0, 0.05) is 0 Å². The molecular weight excluding hydrogens is 276 g/mol. The van der Waals surface area contributed by atoms with Gasteiger partial charge in [0.25, 0.3) is 0 Å². The minimum absolute atomic E-state index is 0.215. The zero-order valence-electron chi connectivity index (χ0n) is 14.0. The number of hydrogen-bond acceptors (Lipinski definition) is 3. The van der Waals surface area contributed by atoms with E-state index in [1.807, 2.05) is 0 Å². The molecule has 0 aromatic rings. The predicted octanol–water partition coefficient (Wildman–Crippen LogP) is 4.47. The normalized spacial score (nSPS) is 35.7. The molecule has 0 aromatic carbocycles. The van der Waals surface area contributed by atoms with Crippen molar-refractivity contribution >= 4 is 5.97 Å². The molecule has 0 amide bonds. The highest BCUT2D eigenvalue weighted by Gasteiger charge is 2.75. The molecule has 0 bridgehead atoms. The molecule has 0 saturated carbocycles. The summed E-state index contributed by atoms with van der Waals surface area (Å²) < 4.78 is 11.4. The first-order valence-corrected chi connectivity index (χ1v) is 8.83. The van der Waals surface area contributed by atoms with Crippen LogP contribution in [-0.4, -0.2) is 24.3 Å². The number of carbonyl (C=O) groups excluding carboxylic acids is 1. The maximum Gasteiger partial charge on any atom is 0.345 e. The summed E-state index contributed by atoms with van der Waals surface area (Å²) in [6.45, 7) is 2.09. The second kappa shape index (κ2) is 6.19. The molecule has 1 heterocycles. The van der Waals surface area contributed by atoms with Gasteiger partial charge >= 0.3 is 5.97 Å². The van der Waals surface area contributed by atoms with Crippen LogP contribution < -0.4 is 0 Å². The molecule has 1 aliphatic heterocycles. The minimum Gasteiger partial charge on any atom is -0.467 e. The van der Waals surface area contributed by atoms with Crippen LogP contribution in [0, 0.1) is 0 Å². The topological polar surface area (TPSA) is 38.8 Å². The van der Waals surface area contributed by atoms with Crippen molar-refractivity contribution in [2.24, 2.45) is 0 Å². The van der Waals surface area contributed by atoms with Crippen LogP contribution in [0.3, 0.4) is 0 Å². The zero-order valence-corrected chi connectivity index (χ0v) is 14.0. The summed E-state index contributed by atoms with van der Waals surface area (Å²) in [7, 11) is 1.48. The lowest BCUT2D eigenvalue weighted by molar-refractivity contribution is -0.145. The van der Waals surface area contributed by atoms with Crippen molar-refractivity contribution in [1.29, 1.82) is 0 Å². The Kier molecular flexibility index (Phi) is 4.44. The summed E-state index contributed by atoms with van der Waals surface area (Å²) in [5, 5.41) is 0. The smallest absolute Gasteiger partial charge is 0.345 e. The molecule has 0 aromatic heterocycles. The summed E-state index contributed by atoms with van der Waals surface area (Å²) in [5.74, 6) is -0.215. The van der Waals surface area contributed by atoms with E-state index in [-0.39, 0.29) is 5.97 Å². The van der Waals surface area contributed by atoms with E-state index in [0.29, 0.717) is 0 Å². The second-order valence-corrected chi connectivity index (χ2v) is 6.97. The van der Waals surface area contributed by atoms with Gasteiger partial charge in [-0.3, -0.25) is 0 Å². The van der Waals surface area contributed by atoms with E-state index in [1.54, 1.807) is 0 Å². The lowest BCUT2D eigenvalue weighted by Crippen LogP contribution is -2.37. The highest BCUT2D eigenvalue weighted by molar-refractivity contribution is 5.90. The van der Waals surface area contributed by atoms with E-state index in [0.717, 1.165) is 37.7 Å². The minimum atomic E-state index is -0.845. The summed E-state index contributed by atoms with van der Waals surface area (Å²) >= 11 is 0. The Morgan fingerprint density at radius 2 is 1.59 bits per heavy atom. The van der Waals surface area contributed by atoms with Crippen LogP contribution in [-0.2, 0) is 14.3 Å². The molecular formula is C19H28O3. The number of carbonyl (C=O) groups is 1. The third kappa shape index (κ3) is 2.44. The Balaban J connectivity index is 1.94. The van der Waals surface area contributed by atoms with Gasteiger partial charge in [-0.05, 0) is 69.4 Å². The highest BCUT2D eigenvalue weighted by Crippen LogP contribution is 2.60. The average molecular weight is 304 g/mol. The number of hydrogen-bond donors (Lipinski definition) is 0. The van der Waals surface area contributed by atoms with Gasteiger partial charge < -0.3 is 9.47 Å². The third-order valence-electron chi connectivity index (χ3n) is 5.61. The Hall–Kier alpha value is -1.09. The summed E-state index contributed by atoms with van der Waals surface area (Å²) in [6.07, 6.45) is 16.0. The first kappa shape index (κ1) is 15.8. The van der Waals surface area contributed by atoms with Crippen LogP contribution in [0.1, 0.15) is 71.1 Å². The molecule has 2 unspecified atom stereocenters. The highest BCUT2D eigenvalue weighted by atomic mass is 16.7. The maximum atomic E-state index is 12.6. The lowest BCUT2D eigenvalue weighted by Gasteiger charge is -2.20. The van der Waals surface area contributed by atoms with E-state index in [1.165, 1.54) is 44.8 Å². The van der Waals surface area contributed by atoms with E-state index in [4.69, 9.17) is 9.47 Å². The van der Waals surface area contributed by atoms with Crippen molar-refractivity contribution in [1.82, 2.24) is 0 Å². The van der Waals surface area contributed by atoms with Crippen molar-refractivity contribution in [2.75, 3.05) is 7.11 Å². The molecule has 2 aliphatic carbocycles. The molecule has 3 nitrogen and oxygen atoms in total. The SMILES string of the molecule is COC(=O)C1(C2=CCCCCC2)OC1(C)C1=CCCCCC1. The van der Waals surface area contributed by atoms with Gasteiger partial charge in [-0.25, -0.2) is 4.79 Å². The maximum absolute atomic E-state index is 12.6. The largest absolute Gasteiger partial charge is 0.467 e. The summed E-state index contributed by atoms with van der Waals surface area (Å²) in [5.41, 5.74) is 1.13. The Bertz CT molecular complexity index is 505. The van der Waals surface area contributed by atoms with Gasteiger partial charge in [-0.15, -0.1) is 0 Å². The number of rotatable bonds is 3. The average Bonchev–Trinajstić information content (AvgIpc) is 3.27. The molecule has 0 N–H and O–H groups in total. The monoisotopic (exact) mass is 304 g/mol. The fraction of sp³-hybridized carbons (Fsp3) is 0.737. The zero-order chi connectivity index (χ0) is 15.6. The molecule has 3 rings (SSSR count). The number of epoxide rings is 1. The van der Waals surface area contributed by atoms with E-state index < -0.39 is 11.2 Å². The van der Waals surface area contributed by atoms with E-state index in [2.05, 4.69) is 19.1 Å². The molecule has 3 aliphatic rings. The van der Waals surface area contributed by atoms with Gasteiger partial charge in [-0.1, -0.05) is 25.0 Å². The predicted molar refractivity (Wildman–Crippen MR) is 86.6 cm³/mol. The molecule has 3 heteroatoms. The van der Waals surface area contributed by atoms with Crippen molar-refractivity contribution < 1.29 is 14.3 Å². The van der Waals surface area contributed by atoms with Gasteiger partial charge in [0.05, 0.1) is 7.11 Å². The molecule has 0 radical (unpaired) electrons. The summed E-state index contributed by atoms with van der Waals surface area (Å²) in [6, 6.07) is 0. The molecule has 1 saturated heterocycles. The summed E-state index contributed by atoms with van der Waals surface area (Å²) in [4.78, 5) is 12.6. The van der Waals surface area contributed by atoms with E-state index >= 15 is 0 Å². The molecule has 0 spiro atoms. The lowest BCUT2D eigenvalue weighted by atomic mass is 9.79. The Labute approximate surface area is 133 Å². The number of allylic oxidation sites excluding steroid dienone is 2. The fourth-order valence-corrected chi connectivity index (χ4v) is 4.24. The van der Waals surface area contributed by atoms with Crippen molar-refractivity contribution in [3.8, 4) is 0 Å². The second-order valence-electron chi connectivity index (χ2n) is 6.97. The quantitative estimate of drug-likeness (QED) is 0.439. The molecule has 22 heavy (non-hydrogen) atoms. The van der Waals surface area contributed by atoms with Crippen LogP contribution in [0.4, 0.5) is 0 Å². The fourth-order valence-electron chi connectivity index (χ4n) is 4.24.